The molecular weight excluding hydrogens is 348 g/mol. The van der Waals surface area contributed by atoms with E-state index in [1.54, 1.807) is 12.3 Å². The summed E-state index contributed by atoms with van der Waals surface area (Å²) in [5.74, 6) is -0.456. The van der Waals surface area contributed by atoms with Crippen LogP contribution < -0.4 is 5.43 Å². The Hall–Kier alpha value is -2.93. The maximum Gasteiger partial charge on any atom is 0.272 e. The molecule has 0 radical (unpaired) electrons. The van der Waals surface area contributed by atoms with E-state index in [9.17, 15) is 9.59 Å². The van der Waals surface area contributed by atoms with Crippen LogP contribution in [0.25, 0.3) is 5.13 Å². The quantitative estimate of drug-likeness (QED) is 0.775. The summed E-state index contributed by atoms with van der Waals surface area (Å²) < 4.78 is 1.95. The number of carbonyl (C=O) groups excluding carboxylic acids is 2. The molecule has 6 nitrogen and oxygen atoms in total. The molecule has 0 saturated heterocycles. The molecule has 0 unspecified atom stereocenters. The molecule has 4 rings (SSSR count). The van der Waals surface area contributed by atoms with Gasteiger partial charge in [0.05, 0.1) is 5.56 Å². The first-order valence-corrected chi connectivity index (χ1v) is 9.24. The molecule has 0 atom stereocenters. The molecule has 0 spiro atoms. The number of hydrogen-bond donors (Lipinski definition) is 1. The molecule has 0 aliphatic carbocycles. The molecule has 2 amide bonds. The second kappa shape index (κ2) is 6.42. The smallest absolute Gasteiger partial charge is 0.272 e. The van der Waals surface area contributed by atoms with Gasteiger partial charge in [0.1, 0.15) is 0 Å². The zero-order valence-electron chi connectivity index (χ0n) is 14.5. The van der Waals surface area contributed by atoms with Gasteiger partial charge in [0.15, 0.2) is 5.13 Å². The number of hydrazine groups is 1. The third-order valence-electron chi connectivity index (χ3n) is 4.62. The largest absolute Gasteiger partial charge is 0.294 e. The number of aryl methyl sites for hydroxylation is 1. The van der Waals surface area contributed by atoms with E-state index in [2.05, 4.69) is 10.4 Å². The summed E-state index contributed by atoms with van der Waals surface area (Å²) in [7, 11) is 0. The molecule has 1 aliphatic rings. The first-order valence-electron chi connectivity index (χ1n) is 8.36. The second-order valence-electron chi connectivity index (χ2n) is 6.24. The van der Waals surface area contributed by atoms with E-state index in [1.165, 1.54) is 16.3 Å². The van der Waals surface area contributed by atoms with Gasteiger partial charge >= 0.3 is 0 Å². The number of nitrogens with zero attached hydrogens (tertiary/aromatic N) is 3. The molecule has 1 N–H and O–H groups in total. The van der Waals surface area contributed by atoms with Crippen molar-refractivity contribution >= 4 is 23.2 Å². The van der Waals surface area contributed by atoms with Crippen molar-refractivity contribution in [2.75, 3.05) is 6.54 Å². The fourth-order valence-electron chi connectivity index (χ4n) is 3.33. The number of hydrogen-bond acceptors (Lipinski definition) is 4. The molecule has 0 bridgehead atoms. The first kappa shape index (κ1) is 16.5. The zero-order chi connectivity index (χ0) is 18.3. The minimum Gasteiger partial charge on any atom is -0.294 e. The van der Waals surface area contributed by atoms with Crippen molar-refractivity contribution in [3.8, 4) is 5.13 Å². The van der Waals surface area contributed by atoms with Crippen molar-refractivity contribution in [2.45, 2.75) is 20.3 Å². The van der Waals surface area contributed by atoms with Crippen molar-refractivity contribution in [3.05, 3.63) is 70.0 Å². The van der Waals surface area contributed by atoms with Crippen LogP contribution in [0.3, 0.4) is 0 Å². The van der Waals surface area contributed by atoms with E-state index >= 15 is 0 Å². The average Bonchev–Trinajstić information content (AvgIpc) is 3.25. The van der Waals surface area contributed by atoms with Gasteiger partial charge in [0, 0.05) is 35.1 Å². The lowest BCUT2D eigenvalue weighted by molar-refractivity contribution is 0.0567. The summed E-state index contributed by atoms with van der Waals surface area (Å²) in [5, 5.41) is 4.12. The Balaban J connectivity index is 1.58. The molecule has 0 saturated carbocycles. The Morgan fingerprint density at radius 1 is 1.27 bits per heavy atom. The van der Waals surface area contributed by atoms with Gasteiger partial charge < -0.3 is 0 Å². The molecule has 1 aromatic carbocycles. The number of fused-ring (bicyclic) bond motifs is 1. The number of rotatable bonds is 3. The van der Waals surface area contributed by atoms with Crippen LogP contribution in [0.15, 0.2) is 41.9 Å². The van der Waals surface area contributed by atoms with Gasteiger partial charge in [-0.3, -0.25) is 19.6 Å². The number of carbonyl (C=O) groups is 2. The lowest BCUT2D eigenvalue weighted by atomic mass is 10.0. The molecule has 132 valence electrons. The van der Waals surface area contributed by atoms with E-state index < -0.39 is 0 Å². The maximum absolute atomic E-state index is 12.8. The van der Waals surface area contributed by atoms with E-state index in [0.29, 0.717) is 17.7 Å². The van der Waals surface area contributed by atoms with Crippen LogP contribution in [-0.2, 0) is 6.42 Å². The van der Waals surface area contributed by atoms with E-state index in [1.807, 2.05) is 48.1 Å². The van der Waals surface area contributed by atoms with E-state index in [-0.39, 0.29) is 11.8 Å². The summed E-state index contributed by atoms with van der Waals surface area (Å²) in [6, 6.07) is 9.34. The summed E-state index contributed by atoms with van der Waals surface area (Å²) in [6.45, 7) is 4.29. The Morgan fingerprint density at radius 2 is 2.08 bits per heavy atom. The predicted octanol–water partition coefficient (Wildman–Crippen LogP) is 2.89. The van der Waals surface area contributed by atoms with Crippen LogP contribution in [0.4, 0.5) is 0 Å². The Morgan fingerprint density at radius 3 is 2.85 bits per heavy atom. The Bertz CT molecular complexity index is 991. The normalized spacial score (nSPS) is 13.6. The number of aromatic nitrogens is 2. The summed E-state index contributed by atoms with van der Waals surface area (Å²) in [5.41, 5.74) is 6.71. The van der Waals surface area contributed by atoms with Crippen molar-refractivity contribution in [1.82, 2.24) is 20.0 Å². The molecule has 3 heterocycles. The van der Waals surface area contributed by atoms with Gasteiger partial charge in [-0.25, -0.2) is 9.99 Å². The van der Waals surface area contributed by atoms with Crippen LogP contribution in [0.2, 0.25) is 0 Å². The predicted molar refractivity (Wildman–Crippen MR) is 99.6 cm³/mol. The molecule has 3 aromatic rings. The van der Waals surface area contributed by atoms with E-state index in [4.69, 9.17) is 0 Å². The van der Waals surface area contributed by atoms with Gasteiger partial charge in [0.2, 0.25) is 0 Å². The molecule has 26 heavy (non-hydrogen) atoms. The monoisotopic (exact) mass is 366 g/mol. The van der Waals surface area contributed by atoms with Crippen LogP contribution in [-0.4, -0.2) is 32.9 Å². The standard InChI is InChI=1S/C19H18N4O2S/c1-12-11-16(13(2)23(12)19-20-8-10-26-19)17(24)21-22-9-7-14-5-3-4-6-15(14)18(22)25/h3-6,8,10-11H,7,9H2,1-2H3,(H,21,24). The third kappa shape index (κ3) is 2.70. The highest BCUT2D eigenvalue weighted by Gasteiger charge is 2.27. The molecule has 1 aliphatic heterocycles. The molecule has 2 aromatic heterocycles. The van der Waals surface area contributed by atoms with Gasteiger partial charge in [0.25, 0.3) is 11.8 Å². The highest BCUT2D eigenvalue weighted by Crippen LogP contribution is 2.23. The van der Waals surface area contributed by atoms with Crippen molar-refractivity contribution in [2.24, 2.45) is 0 Å². The lowest BCUT2D eigenvalue weighted by Gasteiger charge is -2.28. The lowest BCUT2D eigenvalue weighted by Crippen LogP contribution is -2.49. The average molecular weight is 366 g/mol. The van der Waals surface area contributed by atoms with Gasteiger partial charge in [-0.2, -0.15) is 0 Å². The first-order chi connectivity index (χ1) is 12.6. The molecular formula is C19H18N4O2S. The third-order valence-corrected chi connectivity index (χ3v) is 5.38. The van der Waals surface area contributed by atoms with Gasteiger partial charge in [-0.15, -0.1) is 11.3 Å². The van der Waals surface area contributed by atoms with Crippen LogP contribution in [0, 0.1) is 13.8 Å². The molecule has 0 fully saturated rings. The van der Waals surface area contributed by atoms with Gasteiger partial charge in [-0.05, 0) is 38.0 Å². The topological polar surface area (TPSA) is 67.2 Å². The minimum atomic E-state index is -0.284. The maximum atomic E-state index is 12.8. The number of nitrogens with one attached hydrogen (secondary N) is 1. The highest BCUT2D eigenvalue weighted by atomic mass is 32.1. The van der Waals surface area contributed by atoms with Crippen LogP contribution in [0.5, 0.6) is 0 Å². The minimum absolute atomic E-state index is 0.172. The number of amides is 2. The fourth-order valence-corrected chi connectivity index (χ4v) is 4.08. The number of thiazole rings is 1. The van der Waals surface area contributed by atoms with Crippen LogP contribution >= 0.6 is 11.3 Å². The van der Waals surface area contributed by atoms with Crippen LogP contribution in [0.1, 0.15) is 37.7 Å². The highest BCUT2D eigenvalue weighted by molar-refractivity contribution is 7.12. The van der Waals surface area contributed by atoms with Crippen molar-refractivity contribution in [3.63, 3.8) is 0 Å². The van der Waals surface area contributed by atoms with Crippen molar-refractivity contribution < 1.29 is 9.59 Å². The zero-order valence-corrected chi connectivity index (χ0v) is 15.3. The second-order valence-corrected chi connectivity index (χ2v) is 7.11. The van der Waals surface area contributed by atoms with Gasteiger partial charge in [-0.1, -0.05) is 18.2 Å². The Kier molecular flexibility index (Phi) is 4.08. The van der Waals surface area contributed by atoms with Crippen molar-refractivity contribution in [1.29, 1.82) is 0 Å². The fraction of sp³-hybridized carbons (Fsp3) is 0.211. The van der Waals surface area contributed by atoms with E-state index in [0.717, 1.165) is 28.5 Å². The summed E-state index contributed by atoms with van der Waals surface area (Å²) in [6.07, 6.45) is 2.46. The Labute approximate surface area is 155 Å². The number of benzene rings is 1. The molecule has 7 heteroatoms. The summed E-state index contributed by atoms with van der Waals surface area (Å²) in [4.78, 5) is 29.7. The summed E-state index contributed by atoms with van der Waals surface area (Å²) >= 11 is 1.51. The SMILES string of the molecule is Cc1cc(C(=O)NN2CCc3ccccc3C2=O)c(C)n1-c1nccs1.